The summed E-state index contributed by atoms with van der Waals surface area (Å²) in [4.78, 5) is 0. The molecule has 18 heavy (non-hydrogen) atoms. The molecule has 2 aromatic carbocycles. The highest BCUT2D eigenvalue weighted by molar-refractivity contribution is 9.10. The second-order valence-corrected chi connectivity index (χ2v) is 5.13. The molecule has 2 N–H and O–H groups in total. The van der Waals surface area contributed by atoms with E-state index in [0.717, 1.165) is 33.0 Å². The third-order valence-corrected chi connectivity index (χ3v) is 3.42. The van der Waals surface area contributed by atoms with E-state index in [1.165, 1.54) is 0 Å². The summed E-state index contributed by atoms with van der Waals surface area (Å²) in [5.74, 6) is 0.932. The molecule has 0 saturated heterocycles. The third kappa shape index (κ3) is 2.97. The molecule has 0 aliphatic rings. The van der Waals surface area contributed by atoms with Crippen LogP contribution in [-0.2, 0) is 6.42 Å². The number of methoxy groups -OCH3 is 1. The highest BCUT2D eigenvalue weighted by Crippen LogP contribution is 2.35. The highest BCUT2D eigenvalue weighted by atomic mass is 79.9. The molecule has 0 amide bonds. The summed E-state index contributed by atoms with van der Waals surface area (Å²) in [7, 11) is 1.71. The van der Waals surface area contributed by atoms with Gasteiger partial charge in [-0.25, -0.2) is 0 Å². The smallest absolute Gasteiger partial charge is 0.130 e. The molecule has 4 heteroatoms. The Morgan fingerprint density at radius 2 is 1.89 bits per heavy atom. The molecular weight excluding hydrogens is 314 g/mol. The Morgan fingerprint density at radius 1 is 1.28 bits per heavy atom. The lowest BCUT2D eigenvalue weighted by atomic mass is 10.0. The van der Waals surface area contributed by atoms with Gasteiger partial charge >= 0.3 is 0 Å². The normalized spacial score (nSPS) is 12.0. The molecule has 0 saturated carbocycles. The molecular formula is C14H17BrClNO. The van der Waals surface area contributed by atoms with Gasteiger partial charge in [0.2, 0.25) is 0 Å². The van der Waals surface area contributed by atoms with Crippen molar-refractivity contribution < 1.29 is 4.74 Å². The summed E-state index contributed by atoms with van der Waals surface area (Å²) in [6.07, 6.45) is 0.812. The second kappa shape index (κ2) is 6.41. The summed E-state index contributed by atoms with van der Waals surface area (Å²) < 4.78 is 6.63. The Bertz CT molecular complexity index is 543. The van der Waals surface area contributed by atoms with E-state index in [0.29, 0.717) is 0 Å². The number of hydrogen-bond donors (Lipinski definition) is 1. The van der Waals surface area contributed by atoms with Crippen molar-refractivity contribution in [2.24, 2.45) is 5.73 Å². The number of halogens is 2. The Labute approximate surface area is 122 Å². The minimum atomic E-state index is 0. The van der Waals surface area contributed by atoms with Crippen LogP contribution in [0.25, 0.3) is 10.8 Å². The summed E-state index contributed by atoms with van der Waals surface area (Å²) in [6, 6.07) is 10.4. The van der Waals surface area contributed by atoms with E-state index in [9.17, 15) is 0 Å². The molecule has 2 rings (SSSR count). The van der Waals surface area contributed by atoms with Gasteiger partial charge in [0.25, 0.3) is 0 Å². The van der Waals surface area contributed by atoms with Gasteiger partial charge in [-0.15, -0.1) is 12.4 Å². The minimum absolute atomic E-state index is 0. The molecule has 0 bridgehead atoms. The molecule has 0 fully saturated rings. The molecule has 0 aliphatic carbocycles. The van der Waals surface area contributed by atoms with Crippen LogP contribution in [0.4, 0.5) is 0 Å². The van der Waals surface area contributed by atoms with Crippen LogP contribution in [-0.4, -0.2) is 13.2 Å². The Morgan fingerprint density at radius 3 is 2.44 bits per heavy atom. The van der Waals surface area contributed by atoms with Crippen molar-refractivity contribution in [3.05, 3.63) is 40.4 Å². The zero-order chi connectivity index (χ0) is 12.4. The molecule has 2 aromatic rings. The molecule has 2 nitrogen and oxygen atoms in total. The van der Waals surface area contributed by atoms with Crippen LogP contribution in [0.15, 0.2) is 34.8 Å². The van der Waals surface area contributed by atoms with Gasteiger partial charge < -0.3 is 10.5 Å². The van der Waals surface area contributed by atoms with E-state index in [2.05, 4.69) is 34.1 Å². The van der Waals surface area contributed by atoms with Crippen molar-refractivity contribution in [1.82, 2.24) is 0 Å². The van der Waals surface area contributed by atoms with Gasteiger partial charge in [0.05, 0.1) is 7.11 Å². The summed E-state index contributed by atoms with van der Waals surface area (Å²) >= 11 is 3.60. The lowest BCUT2D eigenvalue weighted by Gasteiger charge is -2.14. The molecule has 1 unspecified atom stereocenters. The van der Waals surface area contributed by atoms with Crippen LogP contribution in [0.3, 0.4) is 0 Å². The monoisotopic (exact) mass is 329 g/mol. The maximum absolute atomic E-state index is 5.87. The van der Waals surface area contributed by atoms with Gasteiger partial charge in [-0.1, -0.05) is 40.2 Å². The first-order valence-corrected chi connectivity index (χ1v) is 6.42. The summed E-state index contributed by atoms with van der Waals surface area (Å²) in [5.41, 5.74) is 7.02. The molecule has 0 heterocycles. The molecule has 1 atom stereocenters. The van der Waals surface area contributed by atoms with E-state index in [1.54, 1.807) is 7.11 Å². The van der Waals surface area contributed by atoms with Crippen LogP contribution < -0.4 is 10.5 Å². The van der Waals surface area contributed by atoms with Gasteiger partial charge in [-0.3, -0.25) is 0 Å². The van der Waals surface area contributed by atoms with Crippen LogP contribution in [0, 0.1) is 0 Å². The van der Waals surface area contributed by atoms with E-state index < -0.39 is 0 Å². The quantitative estimate of drug-likeness (QED) is 0.925. The van der Waals surface area contributed by atoms with Crippen molar-refractivity contribution in [1.29, 1.82) is 0 Å². The Kier molecular flexibility index (Phi) is 5.45. The van der Waals surface area contributed by atoms with Crippen molar-refractivity contribution in [2.45, 2.75) is 19.4 Å². The van der Waals surface area contributed by atoms with E-state index in [4.69, 9.17) is 10.5 Å². The van der Waals surface area contributed by atoms with Gasteiger partial charge in [0, 0.05) is 15.9 Å². The molecule has 98 valence electrons. The summed E-state index contributed by atoms with van der Waals surface area (Å²) in [6.45, 7) is 2.00. The maximum atomic E-state index is 5.87. The SMILES string of the molecule is COc1c(CC(C)N)cc(Br)c2ccccc12.Cl. The third-order valence-electron chi connectivity index (χ3n) is 2.77. The number of rotatable bonds is 3. The van der Waals surface area contributed by atoms with Crippen LogP contribution in [0.1, 0.15) is 12.5 Å². The van der Waals surface area contributed by atoms with Crippen LogP contribution >= 0.6 is 28.3 Å². The Hall–Kier alpha value is -0.770. The molecule has 0 radical (unpaired) electrons. The number of benzene rings is 2. The fraction of sp³-hybridized carbons (Fsp3) is 0.286. The predicted octanol–water partition coefficient (Wildman–Crippen LogP) is 3.92. The van der Waals surface area contributed by atoms with E-state index in [1.807, 2.05) is 19.1 Å². The standard InChI is InChI=1S/C14H16BrNO.ClH/c1-9(16)7-10-8-13(15)11-5-3-4-6-12(11)14(10)17-2;/h3-6,8-9H,7,16H2,1-2H3;1H. The molecule has 0 aliphatic heterocycles. The van der Waals surface area contributed by atoms with Gasteiger partial charge in [0.15, 0.2) is 0 Å². The highest BCUT2D eigenvalue weighted by Gasteiger charge is 2.12. The van der Waals surface area contributed by atoms with Crippen molar-refractivity contribution >= 4 is 39.1 Å². The fourth-order valence-corrected chi connectivity index (χ4v) is 2.72. The van der Waals surface area contributed by atoms with Crippen molar-refractivity contribution in [3.8, 4) is 5.75 Å². The first-order chi connectivity index (χ1) is 8.13. The topological polar surface area (TPSA) is 35.2 Å². The maximum Gasteiger partial charge on any atom is 0.130 e. The average molecular weight is 331 g/mol. The summed E-state index contributed by atoms with van der Waals surface area (Å²) in [5, 5.41) is 2.29. The van der Waals surface area contributed by atoms with Crippen molar-refractivity contribution in [3.63, 3.8) is 0 Å². The van der Waals surface area contributed by atoms with Gasteiger partial charge in [-0.05, 0) is 30.4 Å². The Balaban J connectivity index is 0.00000162. The van der Waals surface area contributed by atoms with Crippen LogP contribution in [0.5, 0.6) is 5.75 Å². The number of ether oxygens (including phenoxy) is 1. The van der Waals surface area contributed by atoms with Gasteiger partial charge in [0.1, 0.15) is 5.75 Å². The number of hydrogen-bond acceptors (Lipinski definition) is 2. The second-order valence-electron chi connectivity index (χ2n) is 4.28. The van der Waals surface area contributed by atoms with E-state index >= 15 is 0 Å². The predicted molar refractivity (Wildman–Crippen MR) is 82.8 cm³/mol. The first-order valence-electron chi connectivity index (χ1n) is 5.63. The largest absolute Gasteiger partial charge is 0.496 e. The zero-order valence-electron chi connectivity index (χ0n) is 10.4. The van der Waals surface area contributed by atoms with E-state index in [-0.39, 0.29) is 18.4 Å². The molecule has 0 spiro atoms. The minimum Gasteiger partial charge on any atom is -0.496 e. The number of nitrogens with two attached hydrogens (primary N) is 1. The first kappa shape index (κ1) is 15.3. The zero-order valence-corrected chi connectivity index (χ0v) is 12.8. The number of fused-ring (bicyclic) bond motifs is 1. The fourth-order valence-electron chi connectivity index (χ4n) is 2.10. The average Bonchev–Trinajstić information content (AvgIpc) is 2.29. The lowest BCUT2D eigenvalue weighted by molar-refractivity contribution is 0.413. The van der Waals surface area contributed by atoms with Gasteiger partial charge in [-0.2, -0.15) is 0 Å². The lowest BCUT2D eigenvalue weighted by Crippen LogP contribution is -2.18. The van der Waals surface area contributed by atoms with Crippen LogP contribution in [0.2, 0.25) is 0 Å². The van der Waals surface area contributed by atoms with Crippen molar-refractivity contribution in [2.75, 3.05) is 7.11 Å². The molecule has 0 aromatic heterocycles.